The number of hydrogen-bond acceptors (Lipinski definition) is 1. The predicted molar refractivity (Wildman–Crippen MR) is 74.6 cm³/mol. The molecule has 1 aliphatic rings. The van der Waals surface area contributed by atoms with E-state index in [4.69, 9.17) is 12.2 Å². The van der Waals surface area contributed by atoms with Crippen LogP contribution in [0.15, 0.2) is 0 Å². The predicted octanol–water partition coefficient (Wildman–Crippen LogP) is 3.03. The van der Waals surface area contributed by atoms with Crippen LogP contribution in [-0.2, 0) is 0 Å². The Labute approximate surface area is 106 Å². The molecule has 0 spiro atoms. The van der Waals surface area contributed by atoms with Gasteiger partial charge in [-0.25, -0.2) is 0 Å². The summed E-state index contributed by atoms with van der Waals surface area (Å²) in [7, 11) is 0. The van der Waals surface area contributed by atoms with E-state index < -0.39 is 0 Å². The van der Waals surface area contributed by atoms with E-state index >= 15 is 0 Å². The van der Waals surface area contributed by atoms with Gasteiger partial charge in [0.2, 0.25) is 0 Å². The Balaban J connectivity index is 2.40. The summed E-state index contributed by atoms with van der Waals surface area (Å²) in [6, 6.07) is 0.438. The number of thiocarbonyl (C=S) groups is 1. The summed E-state index contributed by atoms with van der Waals surface area (Å²) in [5, 5.41) is 4.26. The molecule has 0 aromatic carbocycles. The van der Waals surface area contributed by atoms with Crippen LogP contribution in [0, 0.1) is 11.3 Å². The highest BCUT2D eigenvalue weighted by atomic mass is 32.1. The van der Waals surface area contributed by atoms with Crippen LogP contribution in [0.3, 0.4) is 0 Å². The van der Waals surface area contributed by atoms with Crippen LogP contribution in [0.2, 0.25) is 0 Å². The Morgan fingerprint density at radius 1 is 1.25 bits per heavy atom. The first kappa shape index (κ1) is 13.8. The Hall–Kier alpha value is -0.310. The standard InChI is InChI=1S/C13H26N2S/c1-10(2)14-12(16)15-8-6-11(7-9-15)13(3,4)5/h10-11H,6-9H2,1-5H3,(H,14,16). The van der Waals surface area contributed by atoms with E-state index in [1.54, 1.807) is 0 Å². The van der Waals surface area contributed by atoms with Crippen molar-refractivity contribution in [1.29, 1.82) is 0 Å². The maximum absolute atomic E-state index is 5.40. The summed E-state index contributed by atoms with van der Waals surface area (Å²) >= 11 is 5.40. The molecule has 3 heteroatoms. The highest BCUT2D eigenvalue weighted by Crippen LogP contribution is 2.34. The molecule has 0 aromatic heterocycles. The summed E-state index contributed by atoms with van der Waals surface area (Å²) in [5.41, 5.74) is 0.444. The third-order valence-electron chi connectivity index (χ3n) is 3.42. The van der Waals surface area contributed by atoms with E-state index in [-0.39, 0.29) is 0 Å². The first-order valence-corrected chi connectivity index (χ1v) is 6.77. The van der Waals surface area contributed by atoms with Crippen LogP contribution in [0.5, 0.6) is 0 Å². The van der Waals surface area contributed by atoms with Crippen LogP contribution >= 0.6 is 12.2 Å². The van der Waals surface area contributed by atoms with E-state index in [0.29, 0.717) is 11.5 Å². The topological polar surface area (TPSA) is 15.3 Å². The molecule has 1 rings (SSSR count). The van der Waals surface area contributed by atoms with Gasteiger partial charge in [-0.15, -0.1) is 0 Å². The molecule has 1 saturated heterocycles. The van der Waals surface area contributed by atoms with Gasteiger partial charge < -0.3 is 10.2 Å². The largest absolute Gasteiger partial charge is 0.360 e. The van der Waals surface area contributed by atoms with Crippen molar-refractivity contribution in [1.82, 2.24) is 10.2 Å². The lowest BCUT2D eigenvalue weighted by Crippen LogP contribution is -2.47. The van der Waals surface area contributed by atoms with Crippen molar-refractivity contribution in [3.63, 3.8) is 0 Å². The van der Waals surface area contributed by atoms with Gasteiger partial charge in [0.05, 0.1) is 0 Å². The van der Waals surface area contributed by atoms with Gasteiger partial charge in [-0.05, 0) is 50.2 Å². The van der Waals surface area contributed by atoms with E-state index in [0.717, 1.165) is 24.1 Å². The molecule has 0 bridgehead atoms. The van der Waals surface area contributed by atoms with Crippen molar-refractivity contribution in [3.05, 3.63) is 0 Å². The third kappa shape index (κ3) is 3.93. The summed E-state index contributed by atoms with van der Waals surface area (Å²) in [6.07, 6.45) is 2.53. The first-order chi connectivity index (χ1) is 7.30. The highest BCUT2D eigenvalue weighted by molar-refractivity contribution is 7.80. The monoisotopic (exact) mass is 242 g/mol. The van der Waals surface area contributed by atoms with Gasteiger partial charge in [0.1, 0.15) is 0 Å². The van der Waals surface area contributed by atoms with Crippen LogP contribution in [-0.4, -0.2) is 29.1 Å². The summed E-state index contributed by atoms with van der Waals surface area (Å²) in [5.74, 6) is 0.839. The molecule has 1 fully saturated rings. The second kappa shape index (κ2) is 5.35. The number of hydrogen-bond donors (Lipinski definition) is 1. The maximum atomic E-state index is 5.40. The molecule has 0 aliphatic carbocycles. The van der Waals surface area contributed by atoms with E-state index in [9.17, 15) is 0 Å². The van der Waals surface area contributed by atoms with Gasteiger partial charge in [-0.3, -0.25) is 0 Å². The molecule has 94 valence electrons. The number of piperidine rings is 1. The molecule has 1 aliphatic heterocycles. The number of likely N-dealkylation sites (tertiary alicyclic amines) is 1. The number of rotatable bonds is 1. The van der Waals surface area contributed by atoms with E-state index in [1.807, 2.05) is 0 Å². The minimum atomic E-state index is 0.438. The van der Waals surface area contributed by atoms with Crippen molar-refractivity contribution in [2.24, 2.45) is 11.3 Å². The minimum Gasteiger partial charge on any atom is -0.360 e. The molecule has 1 heterocycles. The number of nitrogens with one attached hydrogen (secondary N) is 1. The van der Waals surface area contributed by atoms with Gasteiger partial charge in [-0.2, -0.15) is 0 Å². The van der Waals surface area contributed by atoms with Crippen LogP contribution in [0.1, 0.15) is 47.5 Å². The fraction of sp³-hybridized carbons (Fsp3) is 0.923. The molecule has 2 nitrogen and oxygen atoms in total. The lowest BCUT2D eigenvalue weighted by Gasteiger charge is -2.40. The van der Waals surface area contributed by atoms with Crippen molar-refractivity contribution in [3.8, 4) is 0 Å². The quantitative estimate of drug-likeness (QED) is 0.712. The molecule has 0 unspecified atom stereocenters. The van der Waals surface area contributed by atoms with E-state index in [1.165, 1.54) is 12.8 Å². The molecular formula is C13H26N2S. The minimum absolute atomic E-state index is 0.438. The summed E-state index contributed by atoms with van der Waals surface area (Å²) < 4.78 is 0. The zero-order chi connectivity index (χ0) is 12.3. The van der Waals surface area contributed by atoms with Crippen molar-refractivity contribution < 1.29 is 0 Å². The molecule has 0 amide bonds. The maximum Gasteiger partial charge on any atom is 0.169 e. The van der Waals surface area contributed by atoms with Crippen molar-refractivity contribution in [2.75, 3.05) is 13.1 Å². The Kier molecular flexibility index (Phi) is 4.60. The smallest absolute Gasteiger partial charge is 0.169 e. The number of nitrogens with zero attached hydrogens (tertiary/aromatic N) is 1. The normalized spacial score (nSPS) is 19.0. The van der Waals surface area contributed by atoms with Gasteiger partial charge in [0.15, 0.2) is 5.11 Å². The molecule has 0 saturated carbocycles. The molecule has 0 aromatic rings. The average molecular weight is 242 g/mol. The molecule has 1 N–H and O–H groups in total. The van der Waals surface area contributed by atoms with E-state index in [2.05, 4.69) is 44.8 Å². The Bertz CT molecular complexity index is 235. The van der Waals surface area contributed by atoms with Crippen molar-refractivity contribution in [2.45, 2.75) is 53.5 Å². The summed E-state index contributed by atoms with van der Waals surface area (Å²) in [4.78, 5) is 2.32. The summed E-state index contributed by atoms with van der Waals surface area (Å²) in [6.45, 7) is 13.5. The third-order valence-corrected chi connectivity index (χ3v) is 3.80. The van der Waals surface area contributed by atoms with Gasteiger partial charge in [-0.1, -0.05) is 20.8 Å². The fourth-order valence-corrected chi connectivity index (χ4v) is 2.71. The fourth-order valence-electron chi connectivity index (χ4n) is 2.29. The second-order valence-electron chi connectivity index (χ2n) is 6.23. The zero-order valence-corrected chi connectivity index (χ0v) is 12.2. The molecule has 0 radical (unpaired) electrons. The highest BCUT2D eigenvalue weighted by Gasteiger charge is 2.29. The zero-order valence-electron chi connectivity index (χ0n) is 11.3. The molecule has 0 atom stereocenters. The lowest BCUT2D eigenvalue weighted by atomic mass is 9.75. The van der Waals surface area contributed by atoms with Gasteiger partial charge in [0.25, 0.3) is 0 Å². The Morgan fingerprint density at radius 2 is 1.75 bits per heavy atom. The van der Waals surface area contributed by atoms with Gasteiger partial charge in [0, 0.05) is 19.1 Å². The lowest BCUT2D eigenvalue weighted by molar-refractivity contribution is 0.148. The van der Waals surface area contributed by atoms with Crippen LogP contribution < -0.4 is 5.32 Å². The molecule has 16 heavy (non-hydrogen) atoms. The van der Waals surface area contributed by atoms with Crippen molar-refractivity contribution >= 4 is 17.3 Å². The second-order valence-corrected chi connectivity index (χ2v) is 6.62. The SMILES string of the molecule is CC(C)NC(=S)N1CCC(C(C)(C)C)CC1. The van der Waals surface area contributed by atoms with Crippen LogP contribution in [0.25, 0.3) is 0 Å². The first-order valence-electron chi connectivity index (χ1n) is 6.36. The molecular weight excluding hydrogens is 216 g/mol. The Morgan fingerprint density at radius 3 is 2.12 bits per heavy atom. The van der Waals surface area contributed by atoms with Crippen LogP contribution in [0.4, 0.5) is 0 Å². The average Bonchev–Trinajstić information content (AvgIpc) is 2.15. The van der Waals surface area contributed by atoms with Gasteiger partial charge >= 0.3 is 0 Å².